The molecule has 7 nitrogen and oxygen atoms in total. The predicted molar refractivity (Wildman–Crippen MR) is 85.7 cm³/mol. The highest BCUT2D eigenvalue weighted by atomic mass is 16.7. The maximum atomic E-state index is 13.0. The van der Waals surface area contributed by atoms with Crippen LogP contribution in [0.4, 0.5) is 5.69 Å². The van der Waals surface area contributed by atoms with Gasteiger partial charge in [0.25, 0.3) is 11.5 Å². The number of benzene rings is 2. The van der Waals surface area contributed by atoms with E-state index < -0.39 is 22.5 Å². The molecule has 0 saturated heterocycles. The van der Waals surface area contributed by atoms with E-state index in [1.165, 1.54) is 18.2 Å². The van der Waals surface area contributed by atoms with E-state index in [1.807, 2.05) is 13.8 Å². The number of ketones is 1. The number of Topliss-reactive ketones (excluding diaryl/α,β-unsaturated/α-hetero) is 1. The van der Waals surface area contributed by atoms with Crippen molar-refractivity contribution in [2.45, 2.75) is 25.6 Å². The topological polar surface area (TPSA) is 95.7 Å². The van der Waals surface area contributed by atoms with Crippen molar-refractivity contribution in [3.05, 3.63) is 68.8 Å². The Morgan fingerprint density at radius 1 is 1.08 bits per heavy atom. The number of nitro benzene ring substituents is 1. The van der Waals surface area contributed by atoms with E-state index in [1.54, 1.807) is 18.2 Å². The Hall–Kier alpha value is -3.22. The van der Waals surface area contributed by atoms with Gasteiger partial charge in [-0.25, -0.2) is 4.79 Å². The van der Waals surface area contributed by atoms with Gasteiger partial charge in [-0.1, -0.05) is 26.0 Å². The lowest BCUT2D eigenvalue weighted by Gasteiger charge is -2.20. The van der Waals surface area contributed by atoms with Crippen LogP contribution in [0.25, 0.3) is 0 Å². The number of carbonyl (C=O) groups is 2. The van der Waals surface area contributed by atoms with Gasteiger partial charge >= 0.3 is 11.8 Å². The normalized spacial score (nSPS) is 20.4. The zero-order chi connectivity index (χ0) is 17.9. The van der Waals surface area contributed by atoms with Crippen LogP contribution in [0, 0.1) is 10.1 Å². The molecule has 0 N–H and O–H groups in total. The first-order chi connectivity index (χ1) is 11.8. The van der Waals surface area contributed by atoms with Crippen molar-refractivity contribution in [2.75, 3.05) is 0 Å². The molecule has 2 aliphatic rings. The smallest absolute Gasteiger partial charge is 0.354 e. The van der Waals surface area contributed by atoms with E-state index in [0.29, 0.717) is 0 Å². The van der Waals surface area contributed by atoms with Crippen LogP contribution in [-0.2, 0) is 10.5 Å². The van der Waals surface area contributed by atoms with Gasteiger partial charge in [0, 0.05) is 6.07 Å². The van der Waals surface area contributed by atoms with Gasteiger partial charge in [-0.15, -0.1) is 0 Å². The first kappa shape index (κ1) is 15.3. The second-order valence-electron chi connectivity index (χ2n) is 6.30. The van der Waals surface area contributed by atoms with Gasteiger partial charge in [0.05, 0.1) is 16.1 Å². The Balaban J connectivity index is 1.93. The Morgan fingerprint density at radius 3 is 2.52 bits per heavy atom. The third-order valence-corrected chi connectivity index (χ3v) is 4.49. The molecule has 4 rings (SSSR count). The number of nitro groups is 1. The minimum absolute atomic E-state index is 0.0283. The third-order valence-electron chi connectivity index (χ3n) is 4.49. The first-order valence-corrected chi connectivity index (χ1v) is 7.74. The molecule has 1 atom stereocenters. The van der Waals surface area contributed by atoms with Crippen LogP contribution < -0.4 is 4.74 Å². The van der Waals surface area contributed by atoms with Crippen LogP contribution in [-0.4, -0.2) is 16.7 Å². The standard InChI is InChI=1S/C18H13NO6/c1-9(2)10-6-7-11-14(8-10)24-18(16(11)20)15-12(17(21)25-18)4-3-5-13(15)19(22)23/h3-9H,1-2H3. The van der Waals surface area contributed by atoms with Gasteiger partial charge in [0.15, 0.2) is 0 Å². The third kappa shape index (κ3) is 1.92. The molecule has 0 aromatic heterocycles. The summed E-state index contributed by atoms with van der Waals surface area (Å²) >= 11 is 0. The summed E-state index contributed by atoms with van der Waals surface area (Å²) in [5, 5.41) is 11.4. The number of carbonyl (C=O) groups excluding carboxylic acids is 2. The van der Waals surface area contributed by atoms with Crippen molar-refractivity contribution in [3.63, 3.8) is 0 Å². The minimum atomic E-state index is -2.12. The molecule has 0 fully saturated rings. The molecule has 1 spiro atoms. The number of ether oxygens (including phenoxy) is 2. The molecule has 2 aliphatic heterocycles. The van der Waals surface area contributed by atoms with Gasteiger partial charge < -0.3 is 9.47 Å². The quantitative estimate of drug-likeness (QED) is 0.473. The molecule has 2 heterocycles. The van der Waals surface area contributed by atoms with E-state index in [4.69, 9.17) is 9.47 Å². The van der Waals surface area contributed by atoms with Gasteiger partial charge in [-0.2, -0.15) is 0 Å². The summed E-state index contributed by atoms with van der Waals surface area (Å²) in [6, 6.07) is 9.08. The SMILES string of the molecule is CC(C)c1ccc2c(c1)OC1(OC(=O)c3cccc([N+](=O)[O-])c31)C2=O. The molecule has 0 bridgehead atoms. The van der Waals surface area contributed by atoms with E-state index >= 15 is 0 Å². The average molecular weight is 339 g/mol. The molecule has 0 amide bonds. The van der Waals surface area contributed by atoms with Crippen molar-refractivity contribution in [1.82, 2.24) is 0 Å². The monoisotopic (exact) mass is 339 g/mol. The Morgan fingerprint density at radius 2 is 1.84 bits per heavy atom. The number of hydrogen-bond acceptors (Lipinski definition) is 6. The molecular weight excluding hydrogens is 326 g/mol. The Bertz CT molecular complexity index is 964. The van der Waals surface area contributed by atoms with E-state index in [2.05, 4.69) is 0 Å². The number of hydrogen-bond donors (Lipinski definition) is 0. The van der Waals surface area contributed by atoms with Crippen LogP contribution in [0.1, 0.15) is 51.6 Å². The molecule has 2 aromatic carbocycles. The maximum absolute atomic E-state index is 13.0. The summed E-state index contributed by atoms with van der Waals surface area (Å²) in [6.07, 6.45) is 0. The molecule has 0 radical (unpaired) electrons. The average Bonchev–Trinajstić information content (AvgIpc) is 3.02. The van der Waals surface area contributed by atoms with Crippen LogP contribution in [0.3, 0.4) is 0 Å². The number of fused-ring (bicyclic) bond motifs is 3. The second-order valence-corrected chi connectivity index (χ2v) is 6.30. The van der Waals surface area contributed by atoms with Gasteiger partial charge in [0.2, 0.25) is 0 Å². The fourth-order valence-corrected chi connectivity index (χ4v) is 3.23. The summed E-state index contributed by atoms with van der Waals surface area (Å²) in [5.41, 5.74) is 0.629. The highest BCUT2D eigenvalue weighted by Crippen LogP contribution is 2.50. The first-order valence-electron chi connectivity index (χ1n) is 7.74. The van der Waals surface area contributed by atoms with Gasteiger partial charge in [-0.05, 0) is 29.7 Å². The van der Waals surface area contributed by atoms with E-state index in [0.717, 1.165) is 5.56 Å². The second kappa shape index (κ2) is 4.89. The number of nitrogens with zero attached hydrogens (tertiary/aromatic N) is 1. The molecule has 2 aromatic rings. The van der Waals surface area contributed by atoms with Crippen molar-refractivity contribution in [2.24, 2.45) is 0 Å². The van der Waals surface area contributed by atoms with Crippen LogP contribution >= 0.6 is 0 Å². The highest BCUT2D eigenvalue weighted by Gasteiger charge is 2.62. The molecule has 0 saturated carbocycles. The zero-order valence-corrected chi connectivity index (χ0v) is 13.4. The zero-order valence-electron chi connectivity index (χ0n) is 13.4. The lowest BCUT2D eigenvalue weighted by atomic mass is 9.94. The summed E-state index contributed by atoms with van der Waals surface area (Å²) in [6.45, 7) is 3.98. The van der Waals surface area contributed by atoms with Crippen molar-refractivity contribution in [3.8, 4) is 5.75 Å². The van der Waals surface area contributed by atoms with Crippen LogP contribution in [0.15, 0.2) is 36.4 Å². The molecule has 1 unspecified atom stereocenters. The lowest BCUT2D eigenvalue weighted by molar-refractivity contribution is -0.386. The molecule has 7 heteroatoms. The van der Waals surface area contributed by atoms with Crippen LogP contribution in [0.2, 0.25) is 0 Å². The fraction of sp³-hybridized carbons (Fsp3) is 0.222. The fourth-order valence-electron chi connectivity index (χ4n) is 3.23. The van der Waals surface area contributed by atoms with Crippen molar-refractivity contribution < 1.29 is 24.0 Å². The van der Waals surface area contributed by atoms with Crippen molar-refractivity contribution >= 4 is 17.4 Å². The summed E-state index contributed by atoms with van der Waals surface area (Å²) in [7, 11) is 0. The largest absolute Gasteiger partial charge is 0.441 e. The minimum Gasteiger partial charge on any atom is -0.441 e. The summed E-state index contributed by atoms with van der Waals surface area (Å²) in [4.78, 5) is 35.9. The summed E-state index contributed by atoms with van der Waals surface area (Å²) in [5.74, 6) is -3.08. The Kier molecular flexibility index (Phi) is 3.00. The number of esters is 1. The van der Waals surface area contributed by atoms with Gasteiger partial charge in [0.1, 0.15) is 11.3 Å². The van der Waals surface area contributed by atoms with E-state index in [-0.39, 0.29) is 34.0 Å². The number of rotatable bonds is 2. The van der Waals surface area contributed by atoms with Gasteiger partial charge in [-0.3, -0.25) is 14.9 Å². The lowest BCUT2D eigenvalue weighted by Crippen LogP contribution is -2.37. The molecule has 25 heavy (non-hydrogen) atoms. The summed E-state index contributed by atoms with van der Waals surface area (Å²) < 4.78 is 11.0. The molecule has 126 valence electrons. The maximum Gasteiger partial charge on any atom is 0.354 e. The molecule has 0 aliphatic carbocycles. The van der Waals surface area contributed by atoms with E-state index in [9.17, 15) is 19.7 Å². The van der Waals surface area contributed by atoms with Crippen molar-refractivity contribution in [1.29, 1.82) is 0 Å². The predicted octanol–water partition coefficient (Wildman–Crippen LogP) is 3.32. The molecular formula is C18H13NO6. The Labute approximate surface area is 142 Å². The highest BCUT2D eigenvalue weighted by molar-refractivity contribution is 6.12. The van der Waals surface area contributed by atoms with Crippen LogP contribution in [0.5, 0.6) is 5.75 Å².